The van der Waals surface area contributed by atoms with Gasteiger partial charge >= 0.3 is 11.9 Å². The fraction of sp³-hybridized carbons (Fsp3) is 0.519. The van der Waals surface area contributed by atoms with Crippen LogP contribution in [0.15, 0.2) is 40.7 Å². The molecule has 8 heteroatoms. The smallest absolute Gasteiger partial charge is 0.337 e. The molecule has 1 fully saturated rings. The van der Waals surface area contributed by atoms with Crippen molar-refractivity contribution in [2.75, 3.05) is 14.2 Å². The molecule has 1 heterocycles. The first kappa shape index (κ1) is 24.8. The average molecular weight is 484 g/mol. The number of phenolic OH excluding ortho intramolecular Hbond substituents is 1. The van der Waals surface area contributed by atoms with Crippen LogP contribution in [0.2, 0.25) is 0 Å². The van der Waals surface area contributed by atoms with Crippen LogP contribution in [0.3, 0.4) is 0 Å². The summed E-state index contributed by atoms with van der Waals surface area (Å²) in [6.07, 6.45) is 5.06. The van der Waals surface area contributed by atoms with Crippen LogP contribution in [-0.2, 0) is 23.9 Å². The van der Waals surface area contributed by atoms with E-state index in [1.165, 1.54) is 20.3 Å². The molecule has 3 aliphatic rings. The first-order valence-electron chi connectivity index (χ1n) is 12.2. The van der Waals surface area contributed by atoms with Crippen LogP contribution in [0.4, 0.5) is 0 Å². The fourth-order valence-corrected chi connectivity index (χ4v) is 5.57. The lowest BCUT2D eigenvalue weighted by Crippen LogP contribution is -2.43. The Morgan fingerprint density at radius 2 is 1.83 bits per heavy atom. The average Bonchev–Trinajstić information content (AvgIpc) is 2.83. The van der Waals surface area contributed by atoms with Crippen molar-refractivity contribution >= 4 is 17.7 Å². The highest BCUT2D eigenvalue weighted by atomic mass is 16.5. The van der Waals surface area contributed by atoms with Gasteiger partial charge in [-0.15, -0.1) is 0 Å². The summed E-state index contributed by atoms with van der Waals surface area (Å²) in [5.41, 5.74) is 2.46. The van der Waals surface area contributed by atoms with E-state index in [-0.39, 0.29) is 29.3 Å². The first-order valence-corrected chi connectivity index (χ1v) is 12.2. The third-order valence-corrected chi connectivity index (χ3v) is 7.33. The number of allylic oxidation sites excluding steroid dienone is 3. The highest BCUT2D eigenvalue weighted by molar-refractivity contribution is 6.12. The number of nitrogens with one attached hydrogen (secondary N) is 1. The number of ether oxygens (including phenoxy) is 3. The van der Waals surface area contributed by atoms with Crippen LogP contribution >= 0.6 is 0 Å². The van der Waals surface area contributed by atoms with Crippen molar-refractivity contribution in [3.8, 4) is 11.5 Å². The number of phenols is 1. The van der Waals surface area contributed by atoms with Gasteiger partial charge in [-0.3, -0.25) is 9.59 Å². The highest BCUT2D eigenvalue weighted by Crippen LogP contribution is 2.47. The predicted octanol–water partition coefficient (Wildman–Crippen LogP) is 3.89. The maximum Gasteiger partial charge on any atom is 0.337 e. The SMILES string of the molecule is COC(=O)[C@@H]1C(=O)C2=C(C[C@H]1C)NC(C)=C(C(=O)OC1CCCCC1)[C@@H]2c1ccc(OC)c(O)c1. The van der Waals surface area contributed by atoms with Crippen molar-refractivity contribution in [3.63, 3.8) is 0 Å². The third-order valence-electron chi connectivity index (χ3n) is 7.33. The van der Waals surface area contributed by atoms with Gasteiger partial charge in [0.1, 0.15) is 12.0 Å². The summed E-state index contributed by atoms with van der Waals surface area (Å²) < 4.78 is 16.0. The Morgan fingerprint density at radius 1 is 1.11 bits per heavy atom. The summed E-state index contributed by atoms with van der Waals surface area (Å²) in [6, 6.07) is 4.82. The van der Waals surface area contributed by atoms with Gasteiger partial charge in [-0.25, -0.2) is 4.79 Å². The quantitative estimate of drug-likeness (QED) is 0.479. The number of rotatable bonds is 5. The number of benzene rings is 1. The first-order chi connectivity index (χ1) is 16.8. The normalized spacial score (nSPS) is 25.0. The molecule has 0 saturated heterocycles. The summed E-state index contributed by atoms with van der Waals surface area (Å²) in [5, 5.41) is 13.8. The van der Waals surface area contributed by atoms with E-state index in [0.717, 1.165) is 32.1 Å². The summed E-state index contributed by atoms with van der Waals surface area (Å²) in [6.45, 7) is 3.63. The molecule has 8 nitrogen and oxygen atoms in total. The van der Waals surface area contributed by atoms with Gasteiger partial charge in [0, 0.05) is 22.9 Å². The van der Waals surface area contributed by atoms with E-state index in [4.69, 9.17) is 14.2 Å². The van der Waals surface area contributed by atoms with Crippen LogP contribution in [-0.4, -0.2) is 43.2 Å². The third kappa shape index (κ3) is 4.66. The van der Waals surface area contributed by atoms with Crippen molar-refractivity contribution < 1.29 is 33.7 Å². The Bertz CT molecular complexity index is 1100. The lowest BCUT2D eigenvalue weighted by atomic mass is 9.69. The van der Waals surface area contributed by atoms with Crippen molar-refractivity contribution in [1.82, 2.24) is 5.32 Å². The zero-order valence-corrected chi connectivity index (χ0v) is 20.7. The Balaban J connectivity index is 1.81. The summed E-state index contributed by atoms with van der Waals surface area (Å²) >= 11 is 0. The monoisotopic (exact) mass is 483 g/mol. The molecule has 0 aromatic heterocycles. The van der Waals surface area contributed by atoms with Gasteiger partial charge in [0.15, 0.2) is 17.3 Å². The number of esters is 2. The minimum atomic E-state index is -0.969. The number of dihydropyridines is 1. The highest BCUT2D eigenvalue weighted by Gasteiger charge is 2.47. The number of Topliss-reactive ketones (excluding diaryl/α,β-unsaturated/α-hetero) is 1. The lowest BCUT2D eigenvalue weighted by Gasteiger charge is -2.38. The maximum absolute atomic E-state index is 13.8. The topological polar surface area (TPSA) is 111 Å². The number of aromatic hydroxyl groups is 1. The van der Waals surface area contributed by atoms with Crippen LogP contribution in [0.25, 0.3) is 0 Å². The second-order valence-corrected chi connectivity index (χ2v) is 9.63. The zero-order valence-electron chi connectivity index (χ0n) is 20.7. The van der Waals surface area contributed by atoms with Crippen molar-refractivity contribution in [2.45, 2.75) is 64.4 Å². The number of carbonyl (C=O) groups is 3. The van der Waals surface area contributed by atoms with Gasteiger partial charge in [0.05, 0.1) is 19.8 Å². The molecule has 1 aromatic carbocycles. The predicted molar refractivity (Wildman–Crippen MR) is 128 cm³/mol. The van der Waals surface area contributed by atoms with E-state index < -0.39 is 23.8 Å². The van der Waals surface area contributed by atoms with Crippen LogP contribution in [0.5, 0.6) is 11.5 Å². The molecule has 188 valence electrons. The molecule has 1 aliphatic heterocycles. The zero-order chi connectivity index (χ0) is 25.3. The van der Waals surface area contributed by atoms with Gasteiger partial charge < -0.3 is 24.6 Å². The molecule has 0 spiro atoms. The number of carbonyl (C=O) groups excluding carboxylic acids is 3. The molecular formula is C27H33NO7. The van der Waals surface area contributed by atoms with Crippen LogP contribution in [0.1, 0.15) is 63.9 Å². The van der Waals surface area contributed by atoms with Gasteiger partial charge in [0.25, 0.3) is 0 Å². The van der Waals surface area contributed by atoms with Crippen LogP contribution in [0, 0.1) is 11.8 Å². The Labute approximate surface area is 205 Å². The largest absolute Gasteiger partial charge is 0.504 e. The second-order valence-electron chi connectivity index (χ2n) is 9.63. The molecule has 35 heavy (non-hydrogen) atoms. The molecule has 0 unspecified atom stereocenters. The van der Waals surface area contributed by atoms with Crippen molar-refractivity contribution in [1.29, 1.82) is 0 Å². The summed E-state index contributed by atoms with van der Waals surface area (Å²) in [5.74, 6) is -3.33. The van der Waals surface area contributed by atoms with Crippen molar-refractivity contribution in [3.05, 3.63) is 46.3 Å². The van der Waals surface area contributed by atoms with E-state index in [0.29, 0.717) is 34.5 Å². The molecule has 0 bridgehead atoms. The van der Waals surface area contributed by atoms with E-state index in [1.54, 1.807) is 19.1 Å². The molecule has 2 aliphatic carbocycles. The molecule has 4 rings (SSSR count). The molecule has 1 aromatic rings. The minimum Gasteiger partial charge on any atom is -0.504 e. The van der Waals surface area contributed by atoms with E-state index in [9.17, 15) is 19.5 Å². The molecule has 3 atom stereocenters. The van der Waals surface area contributed by atoms with Gasteiger partial charge in [0.2, 0.25) is 0 Å². The molecule has 0 amide bonds. The Morgan fingerprint density at radius 3 is 2.46 bits per heavy atom. The van der Waals surface area contributed by atoms with E-state index in [1.807, 2.05) is 6.92 Å². The van der Waals surface area contributed by atoms with E-state index in [2.05, 4.69) is 5.32 Å². The molecule has 2 N–H and O–H groups in total. The Kier molecular flexibility index (Phi) is 7.19. The molecule has 0 radical (unpaired) electrons. The molecule has 1 saturated carbocycles. The standard InChI is InChI=1S/C27H33NO7/c1-14-12-18-24(25(30)21(14)26(31)34-4)23(16-10-11-20(33-3)19(29)13-16)22(15(2)28-18)27(32)35-17-8-6-5-7-9-17/h10-11,13-14,17,21,23,28-29H,5-9,12H2,1-4H3/t14-,21+,23+/m1/s1. The van der Waals surface area contributed by atoms with E-state index >= 15 is 0 Å². The fourth-order valence-electron chi connectivity index (χ4n) is 5.57. The molecular weight excluding hydrogens is 450 g/mol. The summed E-state index contributed by atoms with van der Waals surface area (Å²) in [7, 11) is 2.71. The Hall–Kier alpha value is -3.29. The van der Waals surface area contributed by atoms with Gasteiger partial charge in [-0.2, -0.15) is 0 Å². The number of hydrogen-bond donors (Lipinski definition) is 2. The number of hydrogen-bond acceptors (Lipinski definition) is 8. The minimum absolute atomic E-state index is 0.107. The van der Waals surface area contributed by atoms with Crippen molar-refractivity contribution in [2.24, 2.45) is 11.8 Å². The van der Waals surface area contributed by atoms with Gasteiger partial charge in [-0.05, 0) is 62.6 Å². The number of ketones is 1. The second kappa shape index (κ2) is 10.1. The maximum atomic E-state index is 13.8. The van der Waals surface area contributed by atoms with Gasteiger partial charge in [-0.1, -0.05) is 19.4 Å². The lowest BCUT2D eigenvalue weighted by molar-refractivity contribution is -0.151. The van der Waals surface area contributed by atoms with Crippen LogP contribution < -0.4 is 10.1 Å². The summed E-state index contributed by atoms with van der Waals surface area (Å²) in [4.78, 5) is 39.9. The number of methoxy groups -OCH3 is 2.